The predicted octanol–water partition coefficient (Wildman–Crippen LogP) is 4.11. The maximum Gasteiger partial charge on any atom is 0.168 e. The molecule has 0 saturated heterocycles. The molecule has 102 valence electrons. The van der Waals surface area contributed by atoms with E-state index in [0.29, 0.717) is 6.04 Å². The van der Waals surface area contributed by atoms with Gasteiger partial charge in [-0.2, -0.15) is 0 Å². The van der Waals surface area contributed by atoms with Gasteiger partial charge in [0.2, 0.25) is 0 Å². The number of rotatable bonds is 7. The second-order valence-electron chi connectivity index (χ2n) is 5.53. The summed E-state index contributed by atoms with van der Waals surface area (Å²) in [7, 11) is 0. The van der Waals surface area contributed by atoms with E-state index in [4.69, 9.17) is 4.74 Å². The number of nitrogens with zero attached hydrogens (tertiary/aromatic N) is 1. The van der Waals surface area contributed by atoms with Crippen LogP contribution in [0.25, 0.3) is 0 Å². The van der Waals surface area contributed by atoms with Crippen molar-refractivity contribution in [3.63, 3.8) is 0 Å². The fourth-order valence-electron chi connectivity index (χ4n) is 1.74. The number of aromatic nitrogens is 1. The van der Waals surface area contributed by atoms with E-state index in [1.165, 1.54) is 6.42 Å². The molecule has 0 aliphatic heterocycles. The highest BCUT2D eigenvalue weighted by Gasteiger charge is 2.10. The molecule has 0 saturated carbocycles. The Labute approximate surface area is 111 Å². The van der Waals surface area contributed by atoms with Crippen LogP contribution in [0.3, 0.4) is 0 Å². The molecule has 0 bridgehead atoms. The average molecular weight is 250 g/mol. The van der Waals surface area contributed by atoms with E-state index in [1.54, 1.807) is 6.20 Å². The third-order valence-corrected chi connectivity index (χ3v) is 2.69. The van der Waals surface area contributed by atoms with Crippen molar-refractivity contribution in [2.24, 2.45) is 5.92 Å². The molecular formula is C15H26N2O. The summed E-state index contributed by atoms with van der Waals surface area (Å²) in [6, 6.07) is 4.28. The van der Waals surface area contributed by atoms with E-state index in [9.17, 15) is 0 Å². The van der Waals surface area contributed by atoms with Crippen molar-refractivity contribution >= 4 is 5.82 Å². The normalized spacial score (nSPS) is 12.8. The Morgan fingerprint density at radius 2 is 1.89 bits per heavy atom. The quantitative estimate of drug-likeness (QED) is 0.791. The number of anilines is 1. The Kier molecular flexibility index (Phi) is 5.96. The SMILES string of the molecule is CC(C)CCC(C)Nc1ncccc1OC(C)C. The molecule has 1 N–H and O–H groups in total. The second kappa shape index (κ2) is 7.24. The van der Waals surface area contributed by atoms with Crippen molar-refractivity contribution in [3.8, 4) is 5.75 Å². The maximum atomic E-state index is 5.75. The average Bonchev–Trinajstić information content (AvgIpc) is 2.28. The molecular weight excluding hydrogens is 224 g/mol. The molecule has 1 aromatic rings. The van der Waals surface area contributed by atoms with Crippen molar-refractivity contribution in [1.29, 1.82) is 0 Å². The first-order chi connectivity index (χ1) is 8.49. The van der Waals surface area contributed by atoms with Crippen LogP contribution in [0.1, 0.15) is 47.5 Å². The van der Waals surface area contributed by atoms with E-state index in [2.05, 4.69) is 31.1 Å². The van der Waals surface area contributed by atoms with Crippen LogP contribution >= 0.6 is 0 Å². The van der Waals surface area contributed by atoms with Crippen molar-refractivity contribution in [1.82, 2.24) is 4.98 Å². The minimum absolute atomic E-state index is 0.167. The van der Waals surface area contributed by atoms with Gasteiger partial charge in [0, 0.05) is 12.2 Å². The lowest BCUT2D eigenvalue weighted by Gasteiger charge is -2.19. The lowest BCUT2D eigenvalue weighted by atomic mass is 10.0. The van der Waals surface area contributed by atoms with Crippen molar-refractivity contribution < 1.29 is 4.74 Å². The predicted molar refractivity (Wildman–Crippen MR) is 77.2 cm³/mol. The maximum absolute atomic E-state index is 5.75. The van der Waals surface area contributed by atoms with E-state index in [1.807, 2.05) is 26.0 Å². The summed E-state index contributed by atoms with van der Waals surface area (Å²) in [6.07, 6.45) is 4.34. The summed E-state index contributed by atoms with van der Waals surface area (Å²) < 4.78 is 5.75. The monoisotopic (exact) mass is 250 g/mol. The molecule has 1 unspecified atom stereocenters. The molecule has 3 heteroatoms. The summed E-state index contributed by atoms with van der Waals surface area (Å²) >= 11 is 0. The topological polar surface area (TPSA) is 34.2 Å². The molecule has 0 fully saturated rings. The van der Waals surface area contributed by atoms with Gasteiger partial charge < -0.3 is 10.1 Å². The summed E-state index contributed by atoms with van der Waals surface area (Å²) in [5.41, 5.74) is 0. The van der Waals surface area contributed by atoms with Gasteiger partial charge in [0.25, 0.3) is 0 Å². The Balaban J connectivity index is 2.60. The molecule has 0 spiro atoms. The standard InChI is InChI=1S/C15H26N2O/c1-11(2)8-9-13(5)17-15-14(18-12(3)4)7-6-10-16-15/h6-7,10-13H,8-9H2,1-5H3,(H,16,17). The van der Waals surface area contributed by atoms with Crippen LogP contribution in [-0.4, -0.2) is 17.1 Å². The molecule has 1 atom stereocenters. The lowest BCUT2D eigenvalue weighted by Crippen LogP contribution is -2.18. The highest BCUT2D eigenvalue weighted by atomic mass is 16.5. The zero-order chi connectivity index (χ0) is 13.5. The zero-order valence-corrected chi connectivity index (χ0v) is 12.2. The van der Waals surface area contributed by atoms with Crippen LogP contribution in [-0.2, 0) is 0 Å². The highest BCUT2D eigenvalue weighted by Crippen LogP contribution is 2.23. The molecule has 3 nitrogen and oxygen atoms in total. The number of nitrogens with one attached hydrogen (secondary N) is 1. The molecule has 0 aliphatic carbocycles. The van der Waals surface area contributed by atoms with Crippen molar-refractivity contribution in [2.75, 3.05) is 5.32 Å². The highest BCUT2D eigenvalue weighted by molar-refractivity contribution is 5.50. The minimum Gasteiger partial charge on any atom is -0.487 e. The molecule has 0 aromatic carbocycles. The zero-order valence-electron chi connectivity index (χ0n) is 12.2. The summed E-state index contributed by atoms with van der Waals surface area (Å²) in [5, 5.41) is 3.44. The molecule has 18 heavy (non-hydrogen) atoms. The number of hydrogen-bond donors (Lipinski definition) is 1. The van der Waals surface area contributed by atoms with Crippen LogP contribution in [0, 0.1) is 5.92 Å². The van der Waals surface area contributed by atoms with Gasteiger partial charge in [-0.15, -0.1) is 0 Å². The summed E-state index contributed by atoms with van der Waals surface area (Å²) in [5.74, 6) is 2.43. The number of ether oxygens (including phenoxy) is 1. The van der Waals surface area contributed by atoms with E-state index < -0.39 is 0 Å². The first-order valence-corrected chi connectivity index (χ1v) is 6.87. The van der Waals surface area contributed by atoms with Gasteiger partial charge >= 0.3 is 0 Å². The number of hydrogen-bond acceptors (Lipinski definition) is 3. The lowest BCUT2D eigenvalue weighted by molar-refractivity contribution is 0.242. The molecule has 1 heterocycles. The van der Waals surface area contributed by atoms with E-state index >= 15 is 0 Å². The second-order valence-corrected chi connectivity index (χ2v) is 5.53. The van der Waals surface area contributed by atoms with Crippen LogP contribution < -0.4 is 10.1 Å². The Hall–Kier alpha value is -1.25. The van der Waals surface area contributed by atoms with Crippen molar-refractivity contribution in [2.45, 2.75) is 59.6 Å². The first kappa shape index (κ1) is 14.8. The Morgan fingerprint density at radius 3 is 2.50 bits per heavy atom. The summed E-state index contributed by atoms with van der Waals surface area (Å²) in [6.45, 7) is 10.7. The Morgan fingerprint density at radius 1 is 1.17 bits per heavy atom. The third kappa shape index (κ3) is 5.39. The van der Waals surface area contributed by atoms with Gasteiger partial charge in [-0.1, -0.05) is 13.8 Å². The summed E-state index contributed by atoms with van der Waals surface area (Å²) in [4.78, 5) is 4.36. The Bertz CT molecular complexity index is 350. The molecule has 0 aliphatic rings. The van der Waals surface area contributed by atoms with Gasteiger partial charge in [-0.3, -0.25) is 0 Å². The molecule has 0 amide bonds. The smallest absolute Gasteiger partial charge is 0.168 e. The van der Waals surface area contributed by atoms with Gasteiger partial charge in [0.15, 0.2) is 11.6 Å². The minimum atomic E-state index is 0.167. The molecule has 1 aromatic heterocycles. The van der Waals surface area contributed by atoms with E-state index in [-0.39, 0.29) is 6.10 Å². The largest absolute Gasteiger partial charge is 0.487 e. The van der Waals surface area contributed by atoms with E-state index in [0.717, 1.165) is 23.9 Å². The van der Waals surface area contributed by atoms with Gasteiger partial charge in [-0.25, -0.2) is 4.98 Å². The molecule has 0 radical (unpaired) electrons. The number of pyridine rings is 1. The van der Waals surface area contributed by atoms with Crippen LogP contribution in [0.4, 0.5) is 5.82 Å². The van der Waals surface area contributed by atoms with Crippen LogP contribution in [0.2, 0.25) is 0 Å². The van der Waals surface area contributed by atoms with Crippen molar-refractivity contribution in [3.05, 3.63) is 18.3 Å². The van der Waals surface area contributed by atoms with Gasteiger partial charge in [0.1, 0.15) is 0 Å². The molecule has 1 rings (SSSR count). The first-order valence-electron chi connectivity index (χ1n) is 6.87. The fraction of sp³-hybridized carbons (Fsp3) is 0.667. The van der Waals surface area contributed by atoms with Crippen LogP contribution in [0.15, 0.2) is 18.3 Å². The van der Waals surface area contributed by atoms with Gasteiger partial charge in [0.05, 0.1) is 6.10 Å². The fourth-order valence-corrected chi connectivity index (χ4v) is 1.74. The van der Waals surface area contributed by atoms with Crippen LogP contribution in [0.5, 0.6) is 5.75 Å². The third-order valence-electron chi connectivity index (χ3n) is 2.69. The van der Waals surface area contributed by atoms with Gasteiger partial charge in [-0.05, 0) is 51.7 Å².